The molecule has 2 unspecified atom stereocenters. The zero-order valence-electron chi connectivity index (χ0n) is 12.9. The Labute approximate surface area is 119 Å². The van der Waals surface area contributed by atoms with E-state index in [9.17, 15) is 0 Å². The molecule has 114 valence electrons. The number of nitrogens with zero attached hydrogens (tertiary/aromatic N) is 1. The third kappa shape index (κ3) is 3.85. The smallest absolute Gasteiger partial charge is 0.349 e. The Morgan fingerprint density at radius 1 is 1.32 bits per heavy atom. The normalized spacial score (nSPS) is 30.3. The summed E-state index contributed by atoms with van der Waals surface area (Å²) in [6.45, 7) is 5.54. The molecular weight excluding hydrogens is 282 g/mol. The summed E-state index contributed by atoms with van der Waals surface area (Å²) >= 11 is 0. The monoisotopic (exact) mass is 309 g/mol. The molecule has 1 saturated heterocycles. The number of methoxy groups -OCH3 is 3. The summed E-state index contributed by atoms with van der Waals surface area (Å²) < 4.78 is 28.3. The van der Waals surface area contributed by atoms with Crippen LogP contribution in [0, 0.1) is 0 Å². The predicted molar refractivity (Wildman–Crippen MR) is 78.1 cm³/mol. The van der Waals surface area contributed by atoms with Crippen LogP contribution in [0.2, 0.25) is 13.1 Å². The van der Waals surface area contributed by atoms with Gasteiger partial charge in [-0.05, 0) is 6.55 Å². The van der Waals surface area contributed by atoms with Gasteiger partial charge in [-0.2, -0.15) is 0 Å². The van der Waals surface area contributed by atoms with Crippen LogP contribution in [-0.2, 0) is 23.1 Å². The van der Waals surface area contributed by atoms with Crippen molar-refractivity contribution >= 4 is 18.1 Å². The van der Waals surface area contributed by atoms with E-state index in [1.54, 1.807) is 28.4 Å². The Hall–Kier alpha value is 0.194. The summed E-state index contributed by atoms with van der Waals surface area (Å²) in [7, 11) is 4.01. The highest BCUT2D eigenvalue weighted by Gasteiger charge is 2.48. The summed E-state index contributed by atoms with van der Waals surface area (Å²) in [5.41, 5.74) is -0.581. The van der Waals surface area contributed by atoms with Gasteiger partial charge in [0, 0.05) is 41.2 Å². The van der Waals surface area contributed by atoms with Gasteiger partial charge in [-0.3, -0.25) is 4.90 Å². The number of ether oxygens (including phenoxy) is 3. The van der Waals surface area contributed by atoms with Crippen LogP contribution < -0.4 is 0 Å². The molecule has 0 aromatic carbocycles. The van der Waals surface area contributed by atoms with Gasteiger partial charge < -0.3 is 23.1 Å². The number of rotatable bonds is 7. The first kappa shape index (κ1) is 17.2. The van der Waals surface area contributed by atoms with Crippen molar-refractivity contribution in [2.45, 2.75) is 24.7 Å². The average molecular weight is 310 g/mol. The van der Waals surface area contributed by atoms with Crippen LogP contribution >= 0.6 is 0 Å². The second kappa shape index (κ2) is 7.27. The summed E-state index contributed by atoms with van der Waals surface area (Å²) in [6, 6.07) is 0. The highest BCUT2D eigenvalue weighted by molar-refractivity contribution is 6.66. The topological polar surface area (TPSA) is 49.4 Å². The first-order valence-corrected chi connectivity index (χ1v) is 11.2. The van der Waals surface area contributed by atoms with E-state index in [1.165, 1.54) is 0 Å². The lowest BCUT2D eigenvalue weighted by Crippen LogP contribution is -2.68. The van der Waals surface area contributed by atoms with Crippen molar-refractivity contribution in [1.82, 2.24) is 4.90 Å². The molecule has 0 N–H and O–H groups in total. The Bertz CT molecular complexity index is 272. The minimum absolute atomic E-state index is 0.000548. The third-order valence-electron chi connectivity index (χ3n) is 3.67. The fraction of sp³-hybridized carbons (Fsp3) is 1.00. The third-order valence-corrected chi connectivity index (χ3v) is 8.24. The molecule has 8 heteroatoms. The second-order valence-corrected chi connectivity index (χ2v) is 9.72. The van der Waals surface area contributed by atoms with E-state index in [-0.39, 0.29) is 6.10 Å². The van der Waals surface area contributed by atoms with Crippen LogP contribution in [0.4, 0.5) is 0 Å². The molecule has 1 rings (SSSR count). The van der Waals surface area contributed by atoms with Crippen LogP contribution in [0.3, 0.4) is 0 Å². The molecule has 2 atom stereocenters. The quantitative estimate of drug-likeness (QED) is 0.476. The van der Waals surface area contributed by atoms with Gasteiger partial charge in [-0.25, -0.2) is 0 Å². The molecular formula is C11H27NO5Si2. The van der Waals surface area contributed by atoms with Gasteiger partial charge >= 0.3 is 8.56 Å². The van der Waals surface area contributed by atoms with Crippen molar-refractivity contribution in [1.29, 1.82) is 0 Å². The summed E-state index contributed by atoms with van der Waals surface area (Å²) in [5, 5.41) is 0. The van der Waals surface area contributed by atoms with Crippen molar-refractivity contribution in [3.05, 3.63) is 0 Å². The molecule has 6 nitrogen and oxygen atoms in total. The van der Waals surface area contributed by atoms with Crippen LogP contribution in [-0.4, -0.2) is 82.4 Å². The molecule has 1 aliphatic heterocycles. The fourth-order valence-electron chi connectivity index (χ4n) is 2.58. The molecule has 0 radical (unpaired) electrons. The molecule has 0 amide bonds. The van der Waals surface area contributed by atoms with Crippen LogP contribution in [0.5, 0.6) is 0 Å². The van der Waals surface area contributed by atoms with E-state index in [2.05, 4.69) is 18.0 Å². The summed E-state index contributed by atoms with van der Waals surface area (Å²) in [6.07, 6.45) is 0.743. The van der Waals surface area contributed by atoms with Gasteiger partial charge in [0.15, 0.2) is 5.53 Å². The predicted octanol–water partition coefficient (Wildman–Crippen LogP) is -0.288. The summed E-state index contributed by atoms with van der Waals surface area (Å²) in [4.78, 5) is 2.22. The van der Waals surface area contributed by atoms with E-state index in [0.717, 1.165) is 12.7 Å². The second-order valence-electron chi connectivity index (χ2n) is 4.89. The lowest BCUT2D eigenvalue weighted by Gasteiger charge is -2.49. The first-order valence-electron chi connectivity index (χ1n) is 6.56. The zero-order valence-corrected chi connectivity index (χ0v) is 15.3. The number of hydrogen-bond acceptors (Lipinski definition) is 6. The SMILES string of the molecule is COCC1CN(C(OC)(OC)[SiH2]C)C[Si](C)(OC)O1. The van der Waals surface area contributed by atoms with Gasteiger partial charge in [0.2, 0.25) is 0 Å². The molecule has 0 spiro atoms. The highest BCUT2D eigenvalue weighted by Crippen LogP contribution is 2.26. The maximum atomic E-state index is 6.08. The first-order chi connectivity index (χ1) is 8.99. The van der Waals surface area contributed by atoms with Crippen molar-refractivity contribution in [3.8, 4) is 0 Å². The Kier molecular flexibility index (Phi) is 6.60. The maximum absolute atomic E-state index is 6.08. The molecule has 1 aliphatic rings. The highest BCUT2D eigenvalue weighted by atomic mass is 28.4. The van der Waals surface area contributed by atoms with E-state index in [1.807, 2.05) is 0 Å². The van der Waals surface area contributed by atoms with E-state index in [0.29, 0.717) is 6.61 Å². The standard InChI is InChI=1S/C11H27NO5Si2/c1-13-8-10-7-12(9-19(6,16-4)17-10)11(14-2,15-3)18-5/h10H,7-9,18H2,1-6H3. The molecule has 0 aromatic heterocycles. The van der Waals surface area contributed by atoms with E-state index < -0.39 is 23.6 Å². The number of hydrogen-bond donors (Lipinski definition) is 0. The molecule has 0 aromatic rings. The van der Waals surface area contributed by atoms with Crippen LogP contribution in [0.25, 0.3) is 0 Å². The Morgan fingerprint density at radius 3 is 2.37 bits per heavy atom. The van der Waals surface area contributed by atoms with Gasteiger partial charge in [-0.1, -0.05) is 6.55 Å². The molecule has 1 fully saturated rings. The van der Waals surface area contributed by atoms with E-state index >= 15 is 0 Å². The van der Waals surface area contributed by atoms with Crippen molar-refractivity contribution < 1.29 is 23.1 Å². The minimum Gasteiger partial charge on any atom is -0.397 e. The molecule has 0 saturated carbocycles. The molecule has 0 aliphatic carbocycles. The fourth-order valence-corrected chi connectivity index (χ4v) is 6.28. The molecule has 19 heavy (non-hydrogen) atoms. The van der Waals surface area contributed by atoms with Gasteiger partial charge in [0.25, 0.3) is 0 Å². The van der Waals surface area contributed by atoms with Gasteiger partial charge in [0.1, 0.15) is 9.52 Å². The van der Waals surface area contributed by atoms with Crippen LogP contribution in [0.15, 0.2) is 0 Å². The maximum Gasteiger partial charge on any atom is 0.349 e. The van der Waals surface area contributed by atoms with Crippen molar-refractivity contribution in [3.63, 3.8) is 0 Å². The average Bonchev–Trinajstić information content (AvgIpc) is 2.41. The Morgan fingerprint density at radius 2 is 1.95 bits per heavy atom. The van der Waals surface area contributed by atoms with E-state index in [4.69, 9.17) is 23.1 Å². The van der Waals surface area contributed by atoms with Crippen molar-refractivity contribution in [2.75, 3.05) is 47.8 Å². The lowest BCUT2D eigenvalue weighted by atomic mass is 10.3. The van der Waals surface area contributed by atoms with Crippen molar-refractivity contribution in [2.24, 2.45) is 0 Å². The molecule has 0 bridgehead atoms. The van der Waals surface area contributed by atoms with Gasteiger partial charge in [-0.15, -0.1) is 0 Å². The van der Waals surface area contributed by atoms with Gasteiger partial charge in [0.05, 0.1) is 12.7 Å². The van der Waals surface area contributed by atoms with Crippen LogP contribution in [0.1, 0.15) is 0 Å². The minimum atomic E-state index is -2.22. The molecule has 1 heterocycles. The largest absolute Gasteiger partial charge is 0.397 e. The lowest BCUT2D eigenvalue weighted by molar-refractivity contribution is -0.245. The Balaban J connectivity index is 2.92. The zero-order chi connectivity index (χ0) is 14.5. The summed E-state index contributed by atoms with van der Waals surface area (Å²) in [5.74, 6) is 0.